The minimum Gasteiger partial charge on any atom is -0.328 e. The monoisotopic (exact) mass is 293 g/mol. The van der Waals surface area contributed by atoms with Crippen LogP contribution in [-0.4, -0.2) is 6.04 Å². The van der Waals surface area contributed by atoms with E-state index in [0.29, 0.717) is 11.5 Å². The van der Waals surface area contributed by atoms with Gasteiger partial charge < -0.3 is 5.73 Å². The van der Waals surface area contributed by atoms with Crippen LogP contribution in [0.5, 0.6) is 0 Å². The van der Waals surface area contributed by atoms with Crippen molar-refractivity contribution in [2.75, 3.05) is 0 Å². The molecule has 4 atom stereocenters. The van der Waals surface area contributed by atoms with E-state index in [0.717, 1.165) is 29.6 Å². The molecule has 0 radical (unpaired) electrons. The van der Waals surface area contributed by atoms with E-state index in [-0.39, 0.29) is 0 Å². The number of rotatable bonds is 9. The van der Waals surface area contributed by atoms with Crippen molar-refractivity contribution in [2.45, 2.75) is 92.0 Å². The van der Waals surface area contributed by atoms with Crippen LogP contribution in [-0.2, 0) is 0 Å². The second kappa shape index (κ2) is 7.02. The van der Waals surface area contributed by atoms with E-state index in [1.54, 1.807) is 0 Å². The summed E-state index contributed by atoms with van der Waals surface area (Å²) in [5, 5.41) is 0. The first-order valence-corrected chi connectivity index (χ1v) is 9.69. The van der Waals surface area contributed by atoms with Crippen molar-refractivity contribution in [3.8, 4) is 0 Å². The fraction of sp³-hybridized carbons (Fsp3) is 1.00. The smallest absolute Gasteiger partial charge is 0.00131 e. The van der Waals surface area contributed by atoms with Crippen molar-refractivity contribution in [2.24, 2.45) is 40.7 Å². The van der Waals surface area contributed by atoms with Crippen LogP contribution in [0.4, 0.5) is 0 Å². The molecule has 0 amide bonds. The first-order chi connectivity index (χ1) is 9.93. The van der Waals surface area contributed by atoms with Gasteiger partial charge in [0.1, 0.15) is 0 Å². The van der Waals surface area contributed by atoms with Gasteiger partial charge in [0, 0.05) is 6.04 Å². The van der Waals surface area contributed by atoms with Crippen molar-refractivity contribution in [3.05, 3.63) is 0 Å². The molecule has 1 nitrogen and oxygen atoms in total. The molecule has 2 aliphatic rings. The van der Waals surface area contributed by atoms with Gasteiger partial charge in [-0.15, -0.1) is 0 Å². The van der Waals surface area contributed by atoms with E-state index in [9.17, 15) is 0 Å². The van der Waals surface area contributed by atoms with Gasteiger partial charge in [-0.3, -0.25) is 0 Å². The number of hydrogen-bond acceptors (Lipinski definition) is 1. The first kappa shape index (κ1) is 17.3. The quantitative estimate of drug-likeness (QED) is 0.586. The van der Waals surface area contributed by atoms with Crippen molar-refractivity contribution in [3.63, 3.8) is 0 Å². The number of hydrogen-bond donors (Lipinski definition) is 1. The summed E-state index contributed by atoms with van der Waals surface area (Å²) in [6.45, 7) is 11.9. The molecular weight excluding hydrogens is 254 g/mol. The van der Waals surface area contributed by atoms with Gasteiger partial charge >= 0.3 is 0 Å². The molecule has 2 N–H and O–H groups in total. The Balaban J connectivity index is 1.80. The highest BCUT2D eigenvalue weighted by Crippen LogP contribution is 2.65. The van der Waals surface area contributed by atoms with E-state index < -0.39 is 0 Å². The lowest BCUT2D eigenvalue weighted by Gasteiger charge is -2.47. The summed E-state index contributed by atoms with van der Waals surface area (Å²) in [5.74, 6) is 4.99. The third-order valence-electron chi connectivity index (χ3n) is 6.87. The average Bonchev–Trinajstić information content (AvgIpc) is 3.18. The van der Waals surface area contributed by atoms with E-state index in [2.05, 4.69) is 34.6 Å². The SMILES string of the molecule is CCC(CC)CC(CC)C1CC1C1(C)CC(CC(C)N)C1. The average molecular weight is 294 g/mol. The molecule has 2 fully saturated rings. The Morgan fingerprint density at radius 3 is 2.19 bits per heavy atom. The van der Waals surface area contributed by atoms with Crippen LogP contribution >= 0.6 is 0 Å². The minimum absolute atomic E-state index is 0.396. The van der Waals surface area contributed by atoms with Crippen molar-refractivity contribution >= 4 is 0 Å². The molecule has 0 aromatic carbocycles. The third-order valence-corrected chi connectivity index (χ3v) is 6.87. The predicted molar refractivity (Wildman–Crippen MR) is 93.2 cm³/mol. The highest BCUT2D eigenvalue weighted by Gasteiger charge is 2.56. The summed E-state index contributed by atoms with van der Waals surface area (Å²) in [6, 6.07) is 0.396. The summed E-state index contributed by atoms with van der Waals surface area (Å²) >= 11 is 0. The van der Waals surface area contributed by atoms with Gasteiger partial charge in [-0.25, -0.2) is 0 Å². The number of nitrogens with two attached hydrogens (primary N) is 1. The van der Waals surface area contributed by atoms with Crippen LogP contribution in [0.25, 0.3) is 0 Å². The van der Waals surface area contributed by atoms with Gasteiger partial charge in [0.05, 0.1) is 0 Å². The molecular formula is C20H39N. The molecule has 0 aromatic rings. The van der Waals surface area contributed by atoms with Crippen LogP contribution in [0, 0.1) is 35.0 Å². The predicted octanol–water partition coefficient (Wildman–Crippen LogP) is 5.63. The van der Waals surface area contributed by atoms with Crippen LogP contribution < -0.4 is 5.73 Å². The van der Waals surface area contributed by atoms with Gasteiger partial charge in [0.25, 0.3) is 0 Å². The maximum atomic E-state index is 5.97. The van der Waals surface area contributed by atoms with E-state index in [1.807, 2.05) is 0 Å². The summed E-state index contributed by atoms with van der Waals surface area (Å²) < 4.78 is 0. The molecule has 0 aliphatic heterocycles. The van der Waals surface area contributed by atoms with Crippen molar-refractivity contribution < 1.29 is 0 Å². The maximum Gasteiger partial charge on any atom is 0.00131 e. The highest BCUT2D eigenvalue weighted by atomic mass is 14.7. The summed E-state index contributed by atoms with van der Waals surface area (Å²) in [4.78, 5) is 0. The summed E-state index contributed by atoms with van der Waals surface area (Å²) in [7, 11) is 0. The molecule has 21 heavy (non-hydrogen) atoms. The lowest BCUT2D eigenvalue weighted by Crippen LogP contribution is -2.39. The topological polar surface area (TPSA) is 26.0 Å². The Hall–Kier alpha value is -0.0400. The van der Waals surface area contributed by atoms with Crippen LogP contribution in [0.3, 0.4) is 0 Å². The van der Waals surface area contributed by atoms with Gasteiger partial charge in [-0.05, 0) is 74.0 Å². The Labute approximate surface area is 133 Å². The summed E-state index contributed by atoms with van der Waals surface area (Å²) in [6.07, 6.45) is 11.3. The van der Waals surface area contributed by atoms with Gasteiger partial charge in [0.2, 0.25) is 0 Å². The highest BCUT2D eigenvalue weighted by molar-refractivity contribution is 5.06. The maximum absolute atomic E-state index is 5.97. The van der Waals surface area contributed by atoms with Crippen LogP contribution in [0.15, 0.2) is 0 Å². The van der Waals surface area contributed by atoms with Crippen molar-refractivity contribution in [1.82, 2.24) is 0 Å². The van der Waals surface area contributed by atoms with E-state index in [1.165, 1.54) is 51.4 Å². The molecule has 2 rings (SSSR count). The Morgan fingerprint density at radius 2 is 1.71 bits per heavy atom. The molecule has 1 heteroatoms. The molecule has 4 unspecified atom stereocenters. The first-order valence-electron chi connectivity index (χ1n) is 9.69. The molecule has 0 heterocycles. The Morgan fingerprint density at radius 1 is 1.10 bits per heavy atom. The van der Waals surface area contributed by atoms with Crippen molar-refractivity contribution in [1.29, 1.82) is 0 Å². The lowest BCUT2D eigenvalue weighted by molar-refractivity contribution is 0.0316. The minimum atomic E-state index is 0.396. The fourth-order valence-corrected chi connectivity index (χ4v) is 5.49. The second-order valence-electron chi connectivity index (χ2n) is 8.73. The molecule has 0 spiro atoms. The molecule has 2 aliphatic carbocycles. The van der Waals surface area contributed by atoms with Gasteiger partial charge in [0.15, 0.2) is 0 Å². The van der Waals surface area contributed by atoms with Gasteiger partial charge in [-0.1, -0.05) is 47.0 Å². The normalized spacial score (nSPS) is 38.1. The Kier molecular flexibility index (Phi) is 5.79. The van der Waals surface area contributed by atoms with E-state index >= 15 is 0 Å². The zero-order valence-corrected chi connectivity index (χ0v) is 15.2. The van der Waals surface area contributed by atoms with Gasteiger partial charge in [-0.2, -0.15) is 0 Å². The van der Waals surface area contributed by atoms with E-state index in [4.69, 9.17) is 5.73 Å². The van der Waals surface area contributed by atoms with Crippen LogP contribution in [0.1, 0.15) is 86.0 Å². The standard InChI is InChI=1S/C20H39N/c1-6-15(7-2)10-17(8-3)18-11-19(18)20(5)12-16(13-20)9-14(4)21/h14-19H,6-13,21H2,1-5H3. The molecule has 0 aromatic heterocycles. The molecule has 0 bridgehead atoms. The molecule has 0 saturated heterocycles. The fourth-order valence-electron chi connectivity index (χ4n) is 5.49. The second-order valence-corrected chi connectivity index (χ2v) is 8.73. The Bertz CT molecular complexity index is 312. The molecule has 124 valence electrons. The molecule has 2 saturated carbocycles. The zero-order valence-electron chi connectivity index (χ0n) is 15.2. The van der Waals surface area contributed by atoms with Crippen LogP contribution in [0.2, 0.25) is 0 Å². The third kappa shape index (κ3) is 4.03. The zero-order chi connectivity index (χ0) is 15.6. The lowest BCUT2D eigenvalue weighted by atomic mass is 9.58. The largest absolute Gasteiger partial charge is 0.328 e. The summed E-state index contributed by atoms with van der Waals surface area (Å²) in [5.41, 5.74) is 6.64.